The van der Waals surface area contributed by atoms with E-state index < -0.39 is 5.82 Å². The van der Waals surface area contributed by atoms with Crippen LogP contribution in [0.3, 0.4) is 0 Å². The monoisotopic (exact) mass is 407 g/mol. The molecule has 1 aromatic carbocycles. The molecule has 3 nitrogen and oxygen atoms in total. The van der Waals surface area contributed by atoms with Crippen LogP contribution in [-0.4, -0.2) is 13.0 Å². The van der Waals surface area contributed by atoms with Gasteiger partial charge in [0.05, 0.1) is 21.5 Å². The molecule has 1 aromatic heterocycles. The number of rotatable bonds is 3. The Labute approximate surface area is 130 Å². The van der Waals surface area contributed by atoms with Crippen molar-refractivity contribution in [1.82, 2.24) is 0 Å². The summed E-state index contributed by atoms with van der Waals surface area (Å²) in [5, 5.41) is 2.52. The molecule has 7 heteroatoms. The Morgan fingerprint density at radius 3 is 2.68 bits per heavy atom. The number of nitrogens with one attached hydrogen (secondary N) is 1. The highest BCUT2D eigenvalue weighted by molar-refractivity contribution is 9.13. The second-order valence-corrected chi connectivity index (χ2v) is 6.76. The van der Waals surface area contributed by atoms with E-state index in [1.807, 2.05) is 0 Å². The fourth-order valence-corrected chi connectivity index (χ4v) is 3.30. The first-order valence-electron chi connectivity index (χ1n) is 5.11. The fourth-order valence-electron chi connectivity index (χ4n) is 1.37. The van der Waals surface area contributed by atoms with Gasteiger partial charge in [-0.2, -0.15) is 0 Å². The average molecular weight is 409 g/mol. The average Bonchev–Trinajstić information content (AvgIpc) is 2.72. The van der Waals surface area contributed by atoms with Gasteiger partial charge in [-0.05, 0) is 50.1 Å². The zero-order chi connectivity index (χ0) is 14.0. The molecule has 0 unspecified atom stereocenters. The Bertz CT molecular complexity index is 611. The van der Waals surface area contributed by atoms with Gasteiger partial charge in [-0.15, -0.1) is 11.3 Å². The highest BCUT2D eigenvalue weighted by Crippen LogP contribution is 2.33. The van der Waals surface area contributed by atoms with E-state index in [1.165, 1.54) is 36.6 Å². The van der Waals surface area contributed by atoms with E-state index in [9.17, 15) is 9.18 Å². The molecule has 0 radical (unpaired) electrons. The lowest BCUT2D eigenvalue weighted by Crippen LogP contribution is -2.11. The van der Waals surface area contributed by atoms with Gasteiger partial charge in [-0.3, -0.25) is 4.79 Å². The molecule has 19 heavy (non-hydrogen) atoms. The second-order valence-electron chi connectivity index (χ2n) is 3.53. The topological polar surface area (TPSA) is 38.3 Å². The lowest BCUT2D eigenvalue weighted by molar-refractivity contribution is 0.103. The smallest absolute Gasteiger partial charge is 0.265 e. The minimum Gasteiger partial charge on any atom is -0.497 e. The molecule has 0 spiro atoms. The first kappa shape index (κ1) is 14.5. The number of hydrogen-bond donors (Lipinski definition) is 1. The fraction of sp³-hybridized carbons (Fsp3) is 0.0833. The van der Waals surface area contributed by atoms with Crippen molar-refractivity contribution in [3.05, 3.63) is 43.2 Å². The maximum Gasteiger partial charge on any atom is 0.265 e. The Kier molecular flexibility index (Phi) is 4.59. The molecule has 0 saturated heterocycles. The first-order chi connectivity index (χ1) is 9.01. The van der Waals surface area contributed by atoms with E-state index in [0.29, 0.717) is 10.6 Å². The third-order valence-corrected chi connectivity index (χ3v) is 5.55. The van der Waals surface area contributed by atoms with E-state index in [0.717, 1.165) is 8.26 Å². The zero-order valence-electron chi connectivity index (χ0n) is 9.67. The minimum absolute atomic E-state index is 0.0880. The third-order valence-electron chi connectivity index (χ3n) is 2.29. The van der Waals surface area contributed by atoms with Crippen molar-refractivity contribution in [2.24, 2.45) is 0 Å². The van der Waals surface area contributed by atoms with Gasteiger partial charge < -0.3 is 10.1 Å². The molecule has 100 valence electrons. The van der Waals surface area contributed by atoms with Gasteiger partial charge in [-0.25, -0.2) is 4.39 Å². The van der Waals surface area contributed by atoms with Gasteiger partial charge in [-0.1, -0.05) is 0 Å². The van der Waals surface area contributed by atoms with E-state index in [-0.39, 0.29) is 11.6 Å². The largest absolute Gasteiger partial charge is 0.497 e. The standard InChI is InChI=1S/C12H8Br2FNO2S/c1-18-6-2-3-8(15)9(4-6)16-12(17)10-5-7(13)11(14)19-10/h2-5H,1H3,(H,16,17). The van der Waals surface area contributed by atoms with E-state index in [1.54, 1.807) is 6.07 Å². The number of benzene rings is 1. The maximum absolute atomic E-state index is 13.6. The highest BCUT2D eigenvalue weighted by atomic mass is 79.9. The van der Waals surface area contributed by atoms with E-state index in [2.05, 4.69) is 37.2 Å². The van der Waals surface area contributed by atoms with Gasteiger partial charge in [0, 0.05) is 10.5 Å². The maximum atomic E-state index is 13.6. The molecule has 0 bridgehead atoms. The van der Waals surface area contributed by atoms with Crippen LogP contribution in [0, 0.1) is 5.82 Å². The molecule has 1 amide bonds. The van der Waals surface area contributed by atoms with Crippen molar-refractivity contribution in [2.75, 3.05) is 12.4 Å². The summed E-state index contributed by atoms with van der Waals surface area (Å²) in [7, 11) is 1.48. The van der Waals surface area contributed by atoms with Gasteiger partial charge >= 0.3 is 0 Å². The number of carbonyl (C=O) groups excluding carboxylic acids is 1. The van der Waals surface area contributed by atoms with Crippen molar-refractivity contribution < 1.29 is 13.9 Å². The van der Waals surface area contributed by atoms with Crippen molar-refractivity contribution in [3.8, 4) is 5.75 Å². The lowest BCUT2D eigenvalue weighted by Gasteiger charge is -2.07. The molecule has 2 aromatic rings. The summed E-state index contributed by atoms with van der Waals surface area (Å²) in [5.74, 6) is -0.405. The van der Waals surface area contributed by atoms with Crippen LogP contribution in [0.4, 0.5) is 10.1 Å². The number of methoxy groups -OCH3 is 1. The Morgan fingerprint density at radius 1 is 1.37 bits per heavy atom. The van der Waals surface area contributed by atoms with Crippen LogP contribution in [0.5, 0.6) is 5.75 Å². The molecule has 0 saturated carbocycles. The molecular formula is C12H8Br2FNO2S. The summed E-state index contributed by atoms with van der Waals surface area (Å²) in [6, 6.07) is 5.84. The molecule has 0 fully saturated rings. The van der Waals surface area contributed by atoms with Gasteiger partial charge in [0.25, 0.3) is 5.91 Å². The Hall–Kier alpha value is -0.920. The summed E-state index contributed by atoms with van der Waals surface area (Å²) in [6.45, 7) is 0. The molecule has 0 aliphatic rings. The summed E-state index contributed by atoms with van der Waals surface area (Å²) in [6.07, 6.45) is 0. The highest BCUT2D eigenvalue weighted by Gasteiger charge is 2.14. The minimum atomic E-state index is -0.510. The number of anilines is 1. The summed E-state index contributed by atoms with van der Waals surface area (Å²) in [5.41, 5.74) is 0.0880. The molecule has 0 atom stereocenters. The molecule has 2 rings (SSSR count). The van der Waals surface area contributed by atoms with Crippen LogP contribution in [0.25, 0.3) is 0 Å². The van der Waals surface area contributed by atoms with Gasteiger partial charge in [0.1, 0.15) is 11.6 Å². The first-order valence-corrected chi connectivity index (χ1v) is 7.51. The van der Waals surface area contributed by atoms with Crippen LogP contribution in [0.1, 0.15) is 9.67 Å². The van der Waals surface area contributed by atoms with Crippen LogP contribution < -0.4 is 10.1 Å². The number of thiophene rings is 1. The molecule has 1 heterocycles. The molecule has 0 aliphatic carbocycles. The molecular weight excluding hydrogens is 401 g/mol. The summed E-state index contributed by atoms with van der Waals surface area (Å²) >= 11 is 7.86. The SMILES string of the molecule is COc1ccc(F)c(NC(=O)c2cc(Br)c(Br)s2)c1. The van der Waals surface area contributed by atoms with Gasteiger partial charge in [0.2, 0.25) is 0 Å². The van der Waals surface area contributed by atoms with Crippen LogP contribution in [0.15, 0.2) is 32.5 Å². The Balaban J connectivity index is 2.23. The van der Waals surface area contributed by atoms with E-state index >= 15 is 0 Å². The van der Waals surface area contributed by atoms with Crippen LogP contribution in [-0.2, 0) is 0 Å². The van der Waals surface area contributed by atoms with Crippen molar-refractivity contribution >= 4 is 54.8 Å². The zero-order valence-corrected chi connectivity index (χ0v) is 13.7. The third kappa shape index (κ3) is 3.34. The number of halogens is 3. The van der Waals surface area contributed by atoms with Crippen molar-refractivity contribution in [3.63, 3.8) is 0 Å². The quantitative estimate of drug-likeness (QED) is 0.801. The van der Waals surface area contributed by atoms with E-state index in [4.69, 9.17) is 4.74 Å². The van der Waals surface area contributed by atoms with Crippen molar-refractivity contribution in [1.29, 1.82) is 0 Å². The van der Waals surface area contributed by atoms with Crippen LogP contribution in [0.2, 0.25) is 0 Å². The molecule has 1 N–H and O–H groups in total. The normalized spacial score (nSPS) is 10.3. The second kappa shape index (κ2) is 6.02. The predicted octanol–water partition coefficient (Wildman–Crippen LogP) is 4.67. The number of hydrogen-bond acceptors (Lipinski definition) is 3. The molecule has 0 aliphatic heterocycles. The lowest BCUT2D eigenvalue weighted by atomic mass is 10.2. The summed E-state index contributed by atoms with van der Waals surface area (Å²) < 4.78 is 20.2. The predicted molar refractivity (Wildman–Crippen MR) is 80.6 cm³/mol. The number of carbonyl (C=O) groups is 1. The van der Waals surface area contributed by atoms with Gasteiger partial charge in [0.15, 0.2) is 0 Å². The Morgan fingerprint density at radius 2 is 2.11 bits per heavy atom. The number of amides is 1. The number of ether oxygens (including phenoxy) is 1. The summed E-state index contributed by atoms with van der Waals surface area (Å²) in [4.78, 5) is 12.5. The van der Waals surface area contributed by atoms with Crippen molar-refractivity contribution in [2.45, 2.75) is 0 Å². The van der Waals surface area contributed by atoms with Crippen LogP contribution >= 0.6 is 43.2 Å².